The number of pyridine rings is 1. The second-order valence-electron chi connectivity index (χ2n) is 3.69. The average Bonchev–Trinajstić information content (AvgIpc) is 2.61. The molecule has 1 aromatic rings. The molecule has 8 heteroatoms. The number of anilines is 1. The molecule has 1 unspecified atom stereocenters. The Morgan fingerprint density at radius 1 is 1.41 bits per heavy atom. The summed E-state index contributed by atoms with van der Waals surface area (Å²) in [5, 5.41) is -1.39. The van der Waals surface area contributed by atoms with E-state index in [4.69, 9.17) is 0 Å². The van der Waals surface area contributed by atoms with Gasteiger partial charge in [-0.1, -0.05) is 0 Å². The van der Waals surface area contributed by atoms with Gasteiger partial charge in [0.2, 0.25) is 5.91 Å². The van der Waals surface area contributed by atoms with E-state index in [9.17, 15) is 21.9 Å². The number of carbonyl (C=O) groups is 1. The van der Waals surface area contributed by atoms with Crippen LogP contribution < -0.4 is 10.5 Å². The third-order valence-corrected chi connectivity index (χ3v) is 3.69. The van der Waals surface area contributed by atoms with Gasteiger partial charge in [0, 0.05) is 19.2 Å². The minimum atomic E-state index is -4.76. The molecular weight excluding hydrogens is 251 g/mol. The van der Waals surface area contributed by atoms with Crippen LogP contribution in [0.3, 0.4) is 0 Å². The third kappa shape index (κ3) is 2.21. The van der Waals surface area contributed by atoms with Crippen molar-refractivity contribution in [2.45, 2.75) is 11.7 Å². The highest BCUT2D eigenvalue weighted by Gasteiger charge is 2.39. The maximum Gasteiger partial charge on any atom is 0.307 e. The summed E-state index contributed by atoms with van der Waals surface area (Å²) >= 11 is 0. The maximum atomic E-state index is 12.8. The zero-order valence-electron chi connectivity index (χ0n) is 8.59. The molecule has 0 saturated carbocycles. The highest BCUT2D eigenvalue weighted by molar-refractivity contribution is 7.87. The Hall–Kier alpha value is -1.70. The van der Waals surface area contributed by atoms with Crippen molar-refractivity contribution < 1.29 is 17.1 Å². The number of nitrogens with one attached hydrogen (secondary N) is 1. The first-order valence-corrected chi connectivity index (χ1v) is 6.26. The van der Waals surface area contributed by atoms with Crippen molar-refractivity contribution in [2.24, 2.45) is 0 Å². The first-order chi connectivity index (χ1) is 7.89. The van der Waals surface area contributed by atoms with Crippen LogP contribution in [0.2, 0.25) is 0 Å². The van der Waals surface area contributed by atoms with E-state index in [1.165, 1.54) is 18.3 Å². The topological polar surface area (TPSA) is 87.3 Å². The molecule has 6 nitrogen and oxygen atoms in total. The van der Waals surface area contributed by atoms with Crippen LogP contribution in [0.4, 0.5) is 9.57 Å². The Labute approximate surface area is 96.3 Å². The first kappa shape index (κ1) is 11.8. The number of amides is 1. The van der Waals surface area contributed by atoms with Crippen molar-refractivity contribution in [3.05, 3.63) is 28.7 Å². The van der Waals surface area contributed by atoms with Crippen LogP contribution in [0.15, 0.2) is 23.1 Å². The van der Waals surface area contributed by atoms with Crippen molar-refractivity contribution in [3.63, 3.8) is 0 Å². The zero-order valence-corrected chi connectivity index (χ0v) is 9.41. The second-order valence-corrected chi connectivity index (χ2v) is 5.31. The quantitative estimate of drug-likeness (QED) is 0.745. The van der Waals surface area contributed by atoms with Crippen LogP contribution >= 0.6 is 0 Å². The summed E-state index contributed by atoms with van der Waals surface area (Å²) in [6, 6.07) is 2.88. The molecule has 1 atom stereocenters. The Morgan fingerprint density at radius 2 is 2.12 bits per heavy atom. The Morgan fingerprint density at radius 3 is 2.65 bits per heavy atom. The fourth-order valence-corrected chi connectivity index (χ4v) is 2.39. The summed E-state index contributed by atoms with van der Waals surface area (Å²) in [5.74, 6) is -0.576. The molecule has 0 bridgehead atoms. The average molecular weight is 260 g/mol. The van der Waals surface area contributed by atoms with Gasteiger partial charge in [0.25, 0.3) is 5.56 Å². The molecular formula is C9H9FN2O4S. The normalized spacial score (nSPS) is 20.9. The van der Waals surface area contributed by atoms with Gasteiger partial charge in [0.15, 0.2) is 0 Å². The van der Waals surface area contributed by atoms with Gasteiger partial charge in [0.1, 0.15) is 10.9 Å². The standard InChI is InChI=1S/C9H9FN2O4S/c10-17(15,16)6-4-8(13)12(5-6)7-2-1-3-11-9(7)14/h1-3,6H,4-5H2,(H,11,14). The van der Waals surface area contributed by atoms with Crippen molar-refractivity contribution in [1.82, 2.24) is 4.98 Å². The minimum Gasteiger partial charge on any atom is -0.327 e. The molecule has 1 fully saturated rings. The number of hydrogen-bond donors (Lipinski definition) is 1. The highest BCUT2D eigenvalue weighted by atomic mass is 32.3. The number of aromatic amines is 1. The molecule has 2 heterocycles. The molecule has 0 aliphatic carbocycles. The van der Waals surface area contributed by atoms with E-state index in [0.717, 1.165) is 4.90 Å². The van der Waals surface area contributed by atoms with E-state index in [0.29, 0.717) is 0 Å². The molecule has 1 aliphatic rings. The number of rotatable bonds is 2. The number of halogens is 1. The predicted molar refractivity (Wildman–Crippen MR) is 57.8 cm³/mol. The van der Waals surface area contributed by atoms with Crippen LogP contribution in [0.1, 0.15) is 6.42 Å². The number of hydrogen-bond acceptors (Lipinski definition) is 4. The molecule has 0 spiro atoms. The Kier molecular flexibility index (Phi) is 2.74. The van der Waals surface area contributed by atoms with E-state index in [-0.39, 0.29) is 12.2 Å². The minimum absolute atomic E-state index is 0.0312. The molecule has 1 aliphatic heterocycles. The van der Waals surface area contributed by atoms with Gasteiger partial charge in [-0.15, -0.1) is 3.89 Å². The SMILES string of the molecule is O=C1CC(S(=O)(=O)F)CN1c1ccc[nH]c1=O. The zero-order chi connectivity index (χ0) is 12.6. The predicted octanol–water partition coefficient (Wildman–Crippen LogP) is -0.220. The molecule has 0 aromatic carbocycles. The van der Waals surface area contributed by atoms with E-state index in [2.05, 4.69) is 4.98 Å². The summed E-state index contributed by atoms with van der Waals surface area (Å²) in [6.45, 7) is -0.329. The molecule has 92 valence electrons. The largest absolute Gasteiger partial charge is 0.327 e. The molecule has 1 N–H and O–H groups in total. The van der Waals surface area contributed by atoms with Gasteiger partial charge in [-0.2, -0.15) is 8.42 Å². The summed E-state index contributed by atoms with van der Waals surface area (Å²) in [7, 11) is -4.76. The molecule has 1 aromatic heterocycles. The maximum absolute atomic E-state index is 12.8. The lowest BCUT2D eigenvalue weighted by Crippen LogP contribution is -2.31. The molecule has 17 heavy (non-hydrogen) atoms. The van der Waals surface area contributed by atoms with Gasteiger partial charge >= 0.3 is 10.2 Å². The summed E-state index contributed by atoms with van der Waals surface area (Å²) in [5.41, 5.74) is -0.485. The van der Waals surface area contributed by atoms with Gasteiger partial charge < -0.3 is 9.88 Å². The fourth-order valence-electron chi connectivity index (χ4n) is 1.72. The summed E-state index contributed by atoms with van der Waals surface area (Å²) in [6.07, 6.45) is 0.947. The van der Waals surface area contributed by atoms with Gasteiger partial charge in [-0.25, -0.2) is 0 Å². The first-order valence-electron chi connectivity index (χ1n) is 4.81. The number of nitrogens with zero attached hydrogens (tertiary/aromatic N) is 1. The van der Waals surface area contributed by atoms with Gasteiger partial charge in [-0.05, 0) is 12.1 Å². The second kappa shape index (κ2) is 3.95. The summed E-state index contributed by atoms with van der Waals surface area (Å²) < 4.78 is 34.2. The van der Waals surface area contributed by atoms with E-state index < -0.39 is 33.4 Å². The molecule has 0 radical (unpaired) electrons. The smallest absolute Gasteiger partial charge is 0.307 e. The Bertz CT molecular complexity index is 609. The van der Waals surface area contributed by atoms with Crippen LogP contribution in [0.25, 0.3) is 0 Å². The highest BCUT2D eigenvalue weighted by Crippen LogP contribution is 2.23. The molecule has 1 saturated heterocycles. The molecule has 1 amide bonds. The lowest BCUT2D eigenvalue weighted by atomic mass is 10.4. The number of carbonyl (C=O) groups excluding carboxylic acids is 1. The number of aromatic nitrogens is 1. The van der Waals surface area contributed by atoms with E-state index in [1.54, 1.807) is 0 Å². The van der Waals surface area contributed by atoms with Crippen LogP contribution in [-0.2, 0) is 15.0 Å². The van der Waals surface area contributed by atoms with Crippen molar-refractivity contribution in [1.29, 1.82) is 0 Å². The van der Waals surface area contributed by atoms with Crippen molar-refractivity contribution in [2.75, 3.05) is 11.4 Å². The lowest BCUT2D eigenvalue weighted by Gasteiger charge is -2.14. The van der Waals surface area contributed by atoms with Crippen molar-refractivity contribution >= 4 is 21.8 Å². The van der Waals surface area contributed by atoms with Crippen LogP contribution in [0, 0.1) is 0 Å². The molecule has 2 rings (SSSR count). The van der Waals surface area contributed by atoms with Crippen LogP contribution in [-0.4, -0.2) is 31.1 Å². The van der Waals surface area contributed by atoms with Gasteiger partial charge in [-0.3, -0.25) is 9.59 Å². The third-order valence-electron chi connectivity index (χ3n) is 2.58. The van der Waals surface area contributed by atoms with E-state index in [1.807, 2.05) is 0 Å². The monoisotopic (exact) mass is 260 g/mol. The van der Waals surface area contributed by atoms with E-state index >= 15 is 0 Å². The number of H-pyrrole nitrogens is 1. The van der Waals surface area contributed by atoms with Crippen molar-refractivity contribution in [3.8, 4) is 0 Å². The fraction of sp³-hybridized carbons (Fsp3) is 0.333. The van der Waals surface area contributed by atoms with Crippen LogP contribution in [0.5, 0.6) is 0 Å². The Balaban J connectivity index is 2.35. The lowest BCUT2D eigenvalue weighted by molar-refractivity contribution is -0.117. The van der Waals surface area contributed by atoms with Gasteiger partial charge in [0.05, 0.1) is 0 Å². The summed E-state index contributed by atoms with van der Waals surface area (Å²) in [4.78, 5) is 26.3.